The Bertz CT molecular complexity index is 1580. The topological polar surface area (TPSA) is 95.6 Å². The molecule has 2 amide bonds. The smallest absolute Gasteiger partial charge is 0.261 e. The van der Waals surface area contributed by atoms with Gasteiger partial charge in [-0.2, -0.15) is 0 Å². The number of unbranched alkanes of at least 4 members (excludes halogenated alkanes) is 1. The maximum atomic E-state index is 13.3. The van der Waals surface area contributed by atoms with E-state index in [2.05, 4.69) is 17.0 Å². The summed E-state index contributed by atoms with van der Waals surface area (Å²) in [7, 11) is -3.87. The molecule has 4 aromatic rings. The molecule has 4 aromatic carbocycles. The van der Waals surface area contributed by atoms with E-state index in [1.807, 2.05) is 12.1 Å². The molecule has 7 nitrogen and oxygen atoms in total. The van der Waals surface area contributed by atoms with Gasteiger partial charge in [-0.05, 0) is 48.9 Å². The zero-order chi connectivity index (χ0) is 25.3. The number of carbonyl (C=O) groups excluding carboxylic acids is 2. The number of benzene rings is 4. The second-order valence-electron chi connectivity index (χ2n) is 8.59. The molecular formula is C28H25N3O4S. The van der Waals surface area contributed by atoms with Gasteiger partial charge in [0.15, 0.2) is 0 Å². The second-order valence-corrected chi connectivity index (χ2v) is 10.3. The molecule has 0 bridgehead atoms. The third kappa shape index (κ3) is 4.20. The van der Waals surface area contributed by atoms with Crippen LogP contribution in [0.5, 0.6) is 0 Å². The van der Waals surface area contributed by atoms with Crippen LogP contribution in [-0.4, -0.2) is 26.8 Å². The maximum Gasteiger partial charge on any atom is 0.261 e. The average molecular weight is 500 g/mol. The van der Waals surface area contributed by atoms with Crippen LogP contribution in [0.4, 0.5) is 17.1 Å². The molecular weight excluding hydrogens is 474 g/mol. The lowest BCUT2D eigenvalue weighted by molar-refractivity contribution is 0.0991. The Morgan fingerprint density at radius 2 is 1.61 bits per heavy atom. The highest BCUT2D eigenvalue weighted by Crippen LogP contribution is 2.41. The summed E-state index contributed by atoms with van der Waals surface area (Å²) in [6.45, 7) is 2.72. The van der Waals surface area contributed by atoms with E-state index in [9.17, 15) is 18.0 Å². The molecule has 0 fully saturated rings. The molecule has 0 atom stereocenters. The summed E-state index contributed by atoms with van der Waals surface area (Å²) in [4.78, 5) is 28.2. The van der Waals surface area contributed by atoms with Crippen LogP contribution in [0.3, 0.4) is 0 Å². The van der Waals surface area contributed by atoms with Gasteiger partial charge in [0.2, 0.25) is 0 Å². The molecule has 0 saturated carbocycles. The lowest BCUT2D eigenvalue weighted by atomic mass is 10.0. The third-order valence-corrected chi connectivity index (χ3v) is 7.62. The first-order valence-corrected chi connectivity index (χ1v) is 13.2. The van der Waals surface area contributed by atoms with Gasteiger partial charge in [0.1, 0.15) is 0 Å². The maximum absolute atomic E-state index is 13.3. The molecule has 36 heavy (non-hydrogen) atoms. The van der Waals surface area contributed by atoms with Crippen LogP contribution in [-0.2, 0) is 10.0 Å². The Labute approximate surface area is 209 Å². The molecule has 5 rings (SSSR count). The Balaban J connectivity index is 1.47. The molecule has 0 spiro atoms. The Kier molecular flexibility index (Phi) is 6.20. The number of nitrogens with one attached hydrogen (secondary N) is 2. The number of hydrogen-bond donors (Lipinski definition) is 2. The van der Waals surface area contributed by atoms with Crippen molar-refractivity contribution in [3.8, 4) is 0 Å². The molecule has 0 aliphatic carbocycles. The van der Waals surface area contributed by atoms with Gasteiger partial charge in [-0.15, -0.1) is 0 Å². The Morgan fingerprint density at radius 1 is 0.861 bits per heavy atom. The number of hydrogen-bond acceptors (Lipinski definition) is 4. The molecule has 1 aliphatic rings. The van der Waals surface area contributed by atoms with E-state index in [-0.39, 0.29) is 22.1 Å². The summed E-state index contributed by atoms with van der Waals surface area (Å²) < 4.78 is 28.2. The predicted octanol–water partition coefficient (Wildman–Crippen LogP) is 5.65. The van der Waals surface area contributed by atoms with Gasteiger partial charge in [0.25, 0.3) is 21.8 Å². The highest BCUT2D eigenvalue weighted by molar-refractivity contribution is 7.92. The van der Waals surface area contributed by atoms with Crippen molar-refractivity contribution in [3.05, 3.63) is 96.1 Å². The van der Waals surface area contributed by atoms with Gasteiger partial charge in [-0.1, -0.05) is 55.8 Å². The lowest BCUT2D eigenvalue weighted by Gasteiger charge is -2.18. The number of sulfonamides is 1. The fourth-order valence-corrected chi connectivity index (χ4v) is 5.56. The van der Waals surface area contributed by atoms with Crippen molar-refractivity contribution in [1.82, 2.24) is 0 Å². The van der Waals surface area contributed by atoms with E-state index < -0.39 is 15.9 Å². The summed E-state index contributed by atoms with van der Waals surface area (Å²) >= 11 is 0. The summed E-state index contributed by atoms with van der Waals surface area (Å²) in [5.41, 5.74) is 2.36. The first-order valence-electron chi connectivity index (χ1n) is 11.8. The van der Waals surface area contributed by atoms with Crippen LogP contribution in [0.25, 0.3) is 10.8 Å². The fraction of sp³-hybridized carbons (Fsp3) is 0.143. The SMILES string of the molecule is CCCCN1C(=O)c2cccc3c(NC(=O)c4ccccc4NS(=O)(=O)c4ccccc4)ccc1c23. The normalized spacial score (nSPS) is 12.7. The zero-order valence-electron chi connectivity index (χ0n) is 19.7. The van der Waals surface area contributed by atoms with Gasteiger partial charge in [0.05, 0.1) is 21.8 Å². The summed E-state index contributed by atoms with van der Waals surface area (Å²) in [6.07, 6.45) is 1.88. The van der Waals surface area contributed by atoms with Crippen LogP contribution in [0.2, 0.25) is 0 Å². The molecule has 0 unspecified atom stereocenters. The highest BCUT2D eigenvalue weighted by atomic mass is 32.2. The summed E-state index contributed by atoms with van der Waals surface area (Å²) in [5, 5.41) is 4.49. The van der Waals surface area contributed by atoms with Gasteiger partial charge < -0.3 is 10.2 Å². The monoisotopic (exact) mass is 499 g/mol. The van der Waals surface area contributed by atoms with Crippen molar-refractivity contribution < 1.29 is 18.0 Å². The van der Waals surface area contributed by atoms with E-state index in [1.165, 1.54) is 12.1 Å². The van der Waals surface area contributed by atoms with Crippen LogP contribution in [0, 0.1) is 0 Å². The van der Waals surface area contributed by atoms with Crippen molar-refractivity contribution >= 4 is 49.7 Å². The largest absolute Gasteiger partial charge is 0.321 e. The van der Waals surface area contributed by atoms with Gasteiger partial charge in [0, 0.05) is 28.6 Å². The van der Waals surface area contributed by atoms with E-state index in [0.717, 1.165) is 29.3 Å². The van der Waals surface area contributed by atoms with Crippen molar-refractivity contribution in [2.75, 3.05) is 21.5 Å². The molecule has 8 heteroatoms. The van der Waals surface area contributed by atoms with Crippen LogP contribution in [0.15, 0.2) is 89.8 Å². The standard InChI is InChI=1S/C28H25N3O4S/c1-2-3-18-31-25-17-16-23(20-13-9-14-22(26(20)25)28(31)33)29-27(32)21-12-7-8-15-24(21)30-36(34,35)19-10-5-4-6-11-19/h4-17,30H,2-3,18H2,1H3,(H,29,32). The van der Waals surface area contributed by atoms with E-state index in [0.29, 0.717) is 17.8 Å². The lowest BCUT2D eigenvalue weighted by Crippen LogP contribution is -2.27. The van der Waals surface area contributed by atoms with Crippen molar-refractivity contribution in [3.63, 3.8) is 0 Å². The summed E-state index contributed by atoms with van der Waals surface area (Å²) in [5.74, 6) is -0.498. The van der Waals surface area contributed by atoms with Crippen molar-refractivity contribution in [1.29, 1.82) is 0 Å². The van der Waals surface area contributed by atoms with Gasteiger partial charge >= 0.3 is 0 Å². The molecule has 182 valence electrons. The first-order chi connectivity index (χ1) is 17.4. The molecule has 1 heterocycles. The number of nitrogens with zero attached hydrogens (tertiary/aromatic N) is 1. The number of amides is 2. The fourth-order valence-electron chi connectivity index (χ4n) is 4.46. The predicted molar refractivity (Wildman–Crippen MR) is 142 cm³/mol. The molecule has 0 saturated heterocycles. The van der Waals surface area contributed by atoms with E-state index in [4.69, 9.17) is 0 Å². The molecule has 0 aromatic heterocycles. The Morgan fingerprint density at radius 3 is 2.39 bits per heavy atom. The zero-order valence-corrected chi connectivity index (χ0v) is 20.5. The van der Waals surface area contributed by atoms with Crippen LogP contribution < -0.4 is 14.9 Å². The van der Waals surface area contributed by atoms with Gasteiger partial charge in [-0.3, -0.25) is 14.3 Å². The third-order valence-electron chi connectivity index (χ3n) is 6.24. The number of rotatable bonds is 8. The van der Waals surface area contributed by atoms with E-state index in [1.54, 1.807) is 65.6 Å². The van der Waals surface area contributed by atoms with Gasteiger partial charge in [-0.25, -0.2) is 8.42 Å². The van der Waals surface area contributed by atoms with Crippen molar-refractivity contribution in [2.24, 2.45) is 0 Å². The second kappa shape index (κ2) is 9.47. The Hall–Kier alpha value is -4.17. The van der Waals surface area contributed by atoms with Crippen LogP contribution >= 0.6 is 0 Å². The molecule has 0 radical (unpaired) electrons. The molecule has 1 aliphatic heterocycles. The quantitative estimate of drug-likeness (QED) is 0.327. The number of anilines is 3. The summed E-state index contributed by atoms with van der Waals surface area (Å²) in [6, 6.07) is 23.6. The number of carbonyl (C=O) groups is 2. The average Bonchev–Trinajstić information content (AvgIpc) is 3.17. The first kappa shape index (κ1) is 23.6. The van der Waals surface area contributed by atoms with E-state index >= 15 is 0 Å². The molecule has 2 N–H and O–H groups in total. The van der Waals surface area contributed by atoms with Crippen LogP contribution in [0.1, 0.15) is 40.5 Å². The minimum Gasteiger partial charge on any atom is -0.321 e. The van der Waals surface area contributed by atoms with Crippen molar-refractivity contribution in [2.45, 2.75) is 24.7 Å². The minimum atomic E-state index is -3.87. The minimum absolute atomic E-state index is 0.0341. The number of para-hydroxylation sites is 1. The highest BCUT2D eigenvalue weighted by Gasteiger charge is 2.30.